The molecule has 0 nitrogen and oxygen atoms in total. The molecular weight excluding hydrogens is 170 g/mol. The van der Waals surface area contributed by atoms with Crippen molar-refractivity contribution >= 4 is 22.6 Å². The molecule has 0 radical (unpaired) electrons. The van der Waals surface area contributed by atoms with Crippen LogP contribution in [-0.4, -0.2) is 4.18 Å². The molecule has 0 aliphatic rings. The molecule has 0 aromatic rings. The molecule has 4 heavy (non-hydrogen) atoms. The monoisotopic (exact) mass is 174 g/mol. The van der Waals surface area contributed by atoms with Gasteiger partial charge < -0.3 is 0 Å². The number of hydrogen-bond acceptors (Lipinski definition) is 0. The topological polar surface area (TPSA) is 0 Å². The Morgan fingerprint density at radius 1 is 2.00 bits per heavy atom. The summed E-state index contributed by atoms with van der Waals surface area (Å²) in [6.45, 7) is 1.49. The van der Waals surface area contributed by atoms with E-state index >= 15 is 0 Å². The van der Waals surface area contributed by atoms with Crippen molar-refractivity contribution in [1.29, 1.82) is 0 Å². The summed E-state index contributed by atoms with van der Waals surface area (Å²) >= 11 is 1.68. The summed E-state index contributed by atoms with van der Waals surface area (Å²) in [4.78, 5) is 0. The Labute approximate surface area is 38.5 Å². The first-order chi connectivity index (χ1) is 1.73. The summed E-state index contributed by atoms with van der Waals surface area (Å²) in [5, 5.41) is 0. The van der Waals surface area contributed by atoms with Gasteiger partial charge in [-0.15, -0.1) is 0 Å². The highest BCUT2D eigenvalue weighted by Gasteiger charge is 1.76. The Kier molecular flexibility index (Phi) is 2.25. The van der Waals surface area contributed by atoms with E-state index in [-0.39, 0.29) is 0 Å². The van der Waals surface area contributed by atoms with Crippen LogP contribution in [0, 0.1) is 0 Å². The number of rotatable bonds is 0. The van der Waals surface area contributed by atoms with Gasteiger partial charge in [-0.3, -0.25) is 0 Å². The first-order valence-electron chi connectivity index (χ1n) is 1.01. The lowest BCUT2D eigenvalue weighted by molar-refractivity contribution is 0.504. The van der Waals surface area contributed by atoms with Crippen molar-refractivity contribution in [3.63, 3.8) is 0 Å². The van der Waals surface area contributed by atoms with Crippen LogP contribution in [0.1, 0.15) is 6.92 Å². The van der Waals surface area contributed by atoms with Crippen LogP contribution in [-0.2, 0) is 0 Å². The van der Waals surface area contributed by atoms with Gasteiger partial charge in [0.2, 0.25) is 0 Å². The largest absolute Gasteiger partial charge is 0.236 e. The molecule has 0 aromatic heterocycles. The molecule has 0 saturated heterocycles. The van der Waals surface area contributed by atoms with E-state index in [1.165, 1.54) is 6.92 Å². The minimum atomic E-state index is -0.697. The molecule has 0 bridgehead atoms. The molecule has 0 amide bonds. The predicted octanol–water partition coefficient (Wildman–Crippen LogP) is 1.74. The summed E-state index contributed by atoms with van der Waals surface area (Å²) in [6.07, 6.45) is 0. The van der Waals surface area contributed by atoms with Gasteiger partial charge in [-0.1, -0.05) is 0 Å². The molecule has 0 aliphatic carbocycles. The van der Waals surface area contributed by atoms with E-state index in [0.717, 1.165) is 0 Å². The number of halogens is 2. The highest BCUT2D eigenvalue weighted by atomic mass is 127. The van der Waals surface area contributed by atoms with Crippen molar-refractivity contribution in [2.75, 3.05) is 0 Å². The van der Waals surface area contributed by atoms with Gasteiger partial charge in [-0.25, -0.2) is 4.39 Å². The molecule has 0 aromatic carbocycles. The van der Waals surface area contributed by atoms with E-state index in [0.29, 0.717) is 0 Å². The van der Waals surface area contributed by atoms with Crippen LogP contribution < -0.4 is 0 Å². The minimum Gasteiger partial charge on any atom is -0.236 e. The first kappa shape index (κ1) is 4.66. The maximum absolute atomic E-state index is 11.0. The second kappa shape index (κ2) is 1.93. The standard InChI is InChI=1S/C2H4FI/c1-2(3)4/h2H,1H3/t2-/m0/s1. The Hall–Kier alpha value is 0.660. The second-order valence-electron chi connectivity index (χ2n) is 0.519. The van der Waals surface area contributed by atoms with Crippen LogP contribution in [0.25, 0.3) is 0 Å². The van der Waals surface area contributed by atoms with Gasteiger partial charge in [0.15, 0.2) is 0 Å². The lowest BCUT2D eigenvalue weighted by atomic mass is 10.9. The van der Waals surface area contributed by atoms with Crippen molar-refractivity contribution in [2.24, 2.45) is 0 Å². The third-order valence-corrected chi connectivity index (χ3v) is 0. The zero-order chi connectivity index (χ0) is 3.58. The summed E-state index contributed by atoms with van der Waals surface area (Å²) in [5.41, 5.74) is 0. The molecule has 1 atom stereocenters. The van der Waals surface area contributed by atoms with Gasteiger partial charge in [-0.05, 0) is 29.5 Å². The molecule has 0 rings (SSSR count). The quantitative estimate of drug-likeness (QED) is 0.387. The van der Waals surface area contributed by atoms with Crippen molar-refractivity contribution in [3.05, 3.63) is 0 Å². The van der Waals surface area contributed by atoms with Crippen LogP contribution in [0.3, 0.4) is 0 Å². The Morgan fingerprint density at radius 3 is 2.00 bits per heavy atom. The SMILES string of the molecule is C[C@@H](F)I. The van der Waals surface area contributed by atoms with E-state index in [1.807, 2.05) is 0 Å². The predicted molar refractivity (Wildman–Crippen MR) is 24.6 cm³/mol. The van der Waals surface area contributed by atoms with Gasteiger partial charge in [0, 0.05) is 0 Å². The molecule has 0 aliphatic heterocycles. The second-order valence-corrected chi connectivity index (χ2v) is 2.24. The molecule has 0 N–H and O–H groups in total. The lowest BCUT2D eigenvalue weighted by Crippen LogP contribution is -1.64. The highest BCUT2D eigenvalue weighted by molar-refractivity contribution is 14.1. The average Bonchev–Trinajstić information content (AvgIpc) is 0.811. The molecule has 0 unspecified atom stereocenters. The molecule has 0 fully saturated rings. The van der Waals surface area contributed by atoms with E-state index in [1.54, 1.807) is 22.6 Å². The summed E-state index contributed by atoms with van der Waals surface area (Å²) < 4.78 is 10.3. The normalized spacial score (nSPS) is 15.8. The van der Waals surface area contributed by atoms with Crippen molar-refractivity contribution in [2.45, 2.75) is 11.1 Å². The van der Waals surface area contributed by atoms with E-state index in [2.05, 4.69) is 0 Å². The van der Waals surface area contributed by atoms with Crippen molar-refractivity contribution in [3.8, 4) is 0 Å². The minimum absolute atomic E-state index is 0.697. The van der Waals surface area contributed by atoms with Gasteiger partial charge in [0.25, 0.3) is 0 Å². The summed E-state index contributed by atoms with van der Waals surface area (Å²) in [7, 11) is 0. The molecule has 0 saturated carbocycles. The van der Waals surface area contributed by atoms with Crippen LogP contribution in [0.15, 0.2) is 0 Å². The van der Waals surface area contributed by atoms with Crippen LogP contribution in [0.5, 0.6) is 0 Å². The Morgan fingerprint density at radius 2 is 2.00 bits per heavy atom. The average molecular weight is 174 g/mol. The van der Waals surface area contributed by atoms with E-state index in [9.17, 15) is 4.39 Å². The molecule has 0 heterocycles. The van der Waals surface area contributed by atoms with Gasteiger partial charge in [0.05, 0.1) is 0 Å². The highest BCUT2D eigenvalue weighted by Crippen LogP contribution is 1.95. The summed E-state index contributed by atoms with van der Waals surface area (Å²) in [5.74, 6) is 0. The third kappa shape index (κ3) is 16.8. The van der Waals surface area contributed by atoms with Gasteiger partial charge >= 0.3 is 0 Å². The van der Waals surface area contributed by atoms with Crippen LogP contribution in [0.2, 0.25) is 0 Å². The fraction of sp³-hybridized carbons (Fsp3) is 1.00. The van der Waals surface area contributed by atoms with Gasteiger partial charge in [0.1, 0.15) is 4.18 Å². The van der Waals surface area contributed by atoms with E-state index in [4.69, 9.17) is 0 Å². The molecular formula is C2H4FI. The number of alkyl halides is 2. The van der Waals surface area contributed by atoms with Gasteiger partial charge in [-0.2, -0.15) is 0 Å². The first-order valence-corrected chi connectivity index (χ1v) is 2.26. The Balaban J connectivity index is 2.32. The van der Waals surface area contributed by atoms with Crippen molar-refractivity contribution < 1.29 is 4.39 Å². The summed E-state index contributed by atoms with van der Waals surface area (Å²) in [6, 6.07) is 0. The number of hydrogen-bond donors (Lipinski definition) is 0. The molecule has 2 heteroatoms. The van der Waals surface area contributed by atoms with Crippen LogP contribution in [0.4, 0.5) is 4.39 Å². The maximum atomic E-state index is 11.0. The maximum Gasteiger partial charge on any atom is 0.148 e. The fourth-order valence-corrected chi connectivity index (χ4v) is 0. The lowest BCUT2D eigenvalue weighted by Gasteiger charge is -1.72. The third-order valence-electron chi connectivity index (χ3n) is 0. The molecule has 26 valence electrons. The smallest absolute Gasteiger partial charge is 0.148 e. The zero-order valence-electron chi connectivity index (χ0n) is 2.33. The fourth-order valence-electron chi connectivity index (χ4n) is 0. The van der Waals surface area contributed by atoms with Crippen molar-refractivity contribution in [1.82, 2.24) is 0 Å². The molecule has 0 spiro atoms. The Bertz CT molecular complexity index is 10.8. The van der Waals surface area contributed by atoms with Crippen LogP contribution >= 0.6 is 22.6 Å². The van der Waals surface area contributed by atoms with E-state index < -0.39 is 4.18 Å². The zero-order valence-corrected chi connectivity index (χ0v) is 4.49.